The van der Waals surface area contributed by atoms with Crippen LogP contribution in [0.3, 0.4) is 0 Å². The largest absolute Gasteiger partial charge is 0.264 e. The second-order valence-electron chi connectivity index (χ2n) is 4.32. The summed E-state index contributed by atoms with van der Waals surface area (Å²) in [5.74, 6) is 0. The number of hydrogen-bond donors (Lipinski definition) is 0. The minimum atomic E-state index is -3.43. The van der Waals surface area contributed by atoms with Crippen molar-refractivity contribution in [2.45, 2.75) is 18.6 Å². The number of hydrogen-bond acceptors (Lipinski definition) is 4. The highest BCUT2D eigenvalue weighted by molar-refractivity contribution is 7.92. The van der Waals surface area contributed by atoms with E-state index in [1.165, 1.54) is 20.0 Å². The molecular weight excluding hydrogens is 272 g/mol. The standard InChI is InChI=1S/C12H13ClN2O2S/c1-12(2,18(3,16)17)11(13)10(7-14)9-5-4-6-15-8-9/h4-6,8H,1-3H3/b11-10+. The van der Waals surface area contributed by atoms with Crippen molar-refractivity contribution in [1.29, 1.82) is 5.26 Å². The maximum Gasteiger partial charge on any atom is 0.157 e. The summed E-state index contributed by atoms with van der Waals surface area (Å²) in [7, 11) is -3.43. The number of nitriles is 1. The summed E-state index contributed by atoms with van der Waals surface area (Å²) in [4.78, 5) is 3.89. The lowest BCUT2D eigenvalue weighted by Crippen LogP contribution is -2.31. The molecule has 0 N–H and O–H groups in total. The van der Waals surface area contributed by atoms with Gasteiger partial charge in [-0.15, -0.1) is 0 Å². The van der Waals surface area contributed by atoms with Crippen LogP contribution in [-0.2, 0) is 9.84 Å². The second kappa shape index (κ2) is 5.09. The molecule has 96 valence electrons. The molecule has 0 fully saturated rings. The van der Waals surface area contributed by atoms with E-state index in [1.54, 1.807) is 18.3 Å². The average molecular weight is 285 g/mol. The van der Waals surface area contributed by atoms with E-state index in [0.29, 0.717) is 5.56 Å². The Morgan fingerprint density at radius 1 is 1.50 bits per heavy atom. The number of allylic oxidation sites excluding steroid dienone is 1. The van der Waals surface area contributed by atoms with E-state index in [2.05, 4.69) is 4.98 Å². The number of sulfone groups is 1. The minimum absolute atomic E-state index is 0.000463. The van der Waals surface area contributed by atoms with Gasteiger partial charge in [-0.05, 0) is 19.9 Å². The summed E-state index contributed by atoms with van der Waals surface area (Å²) in [5, 5.41) is 9.16. The van der Waals surface area contributed by atoms with Crippen LogP contribution in [0.1, 0.15) is 19.4 Å². The predicted octanol–water partition coefficient (Wildman–Crippen LogP) is 2.38. The van der Waals surface area contributed by atoms with Crippen molar-refractivity contribution in [2.24, 2.45) is 0 Å². The van der Waals surface area contributed by atoms with Crippen molar-refractivity contribution in [3.63, 3.8) is 0 Å². The van der Waals surface area contributed by atoms with Crippen molar-refractivity contribution in [1.82, 2.24) is 4.98 Å². The number of rotatable bonds is 3. The molecule has 1 heterocycles. The van der Waals surface area contributed by atoms with Crippen LogP contribution in [0.15, 0.2) is 29.6 Å². The fourth-order valence-corrected chi connectivity index (χ4v) is 2.21. The van der Waals surface area contributed by atoms with E-state index in [1.807, 2.05) is 6.07 Å². The van der Waals surface area contributed by atoms with E-state index in [0.717, 1.165) is 6.26 Å². The third kappa shape index (κ3) is 2.71. The smallest absolute Gasteiger partial charge is 0.157 e. The van der Waals surface area contributed by atoms with E-state index in [-0.39, 0.29) is 10.6 Å². The summed E-state index contributed by atoms with van der Waals surface area (Å²) in [6.07, 6.45) is 4.13. The van der Waals surface area contributed by atoms with Gasteiger partial charge in [0.15, 0.2) is 9.84 Å². The predicted molar refractivity (Wildman–Crippen MR) is 71.5 cm³/mol. The number of pyridine rings is 1. The summed E-state index contributed by atoms with van der Waals surface area (Å²) < 4.78 is 22.1. The molecule has 0 amide bonds. The van der Waals surface area contributed by atoms with Crippen molar-refractivity contribution < 1.29 is 8.42 Å². The summed E-state index contributed by atoms with van der Waals surface area (Å²) >= 11 is 6.11. The average Bonchev–Trinajstić information content (AvgIpc) is 2.29. The van der Waals surface area contributed by atoms with E-state index >= 15 is 0 Å². The van der Waals surface area contributed by atoms with Gasteiger partial charge in [-0.3, -0.25) is 4.98 Å². The Balaban J connectivity index is 3.49. The molecule has 0 bridgehead atoms. The van der Waals surface area contributed by atoms with E-state index in [9.17, 15) is 8.42 Å². The van der Waals surface area contributed by atoms with Crippen LogP contribution in [0.4, 0.5) is 0 Å². The molecule has 0 aliphatic heterocycles. The quantitative estimate of drug-likeness (QED) is 0.799. The van der Waals surface area contributed by atoms with Crippen molar-refractivity contribution in [3.05, 3.63) is 35.1 Å². The zero-order chi connectivity index (χ0) is 14.0. The lowest BCUT2D eigenvalue weighted by Gasteiger charge is -2.22. The molecule has 0 aromatic carbocycles. The van der Waals surface area contributed by atoms with Gasteiger partial charge in [-0.2, -0.15) is 5.26 Å². The highest BCUT2D eigenvalue weighted by atomic mass is 35.5. The molecule has 0 atom stereocenters. The van der Waals surface area contributed by atoms with Gasteiger partial charge in [-0.25, -0.2) is 8.42 Å². The molecule has 18 heavy (non-hydrogen) atoms. The highest BCUT2D eigenvalue weighted by Gasteiger charge is 2.36. The Morgan fingerprint density at radius 3 is 2.50 bits per heavy atom. The van der Waals surface area contributed by atoms with Crippen LogP contribution < -0.4 is 0 Å². The minimum Gasteiger partial charge on any atom is -0.264 e. The lowest BCUT2D eigenvalue weighted by molar-refractivity contribution is 0.577. The second-order valence-corrected chi connectivity index (χ2v) is 7.27. The van der Waals surface area contributed by atoms with Crippen LogP contribution in [0, 0.1) is 11.3 Å². The Bertz CT molecular complexity index is 613. The molecule has 1 aromatic heterocycles. The zero-order valence-electron chi connectivity index (χ0n) is 10.3. The van der Waals surface area contributed by atoms with Crippen LogP contribution >= 0.6 is 11.6 Å². The molecule has 1 aromatic rings. The molecule has 0 spiro atoms. The summed E-state index contributed by atoms with van der Waals surface area (Å²) in [5.41, 5.74) is 0.627. The van der Waals surface area contributed by atoms with Crippen LogP contribution in [0.5, 0.6) is 0 Å². The van der Waals surface area contributed by atoms with Crippen molar-refractivity contribution >= 4 is 27.0 Å². The van der Waals surface area contributed by atoms with Gasteiger partial charge in [0, 0.05) is 24.2 Å². The van der Waals surface area contributed by atoms with Crippen molar-refractivity contribution in [2.75, 3.05) is 6.26 Å². The Hall–Kier alpha value is -1.38. The molecule has 0 aliphatic rings. The molecule has 0 unspecified atom stereocenters. The van der Waals surface area contributed by atoms with Gasteiger partial charge in [0.1, 0.15) is 10.8 Å². The van der Waals surface area contributed by atoms with Crippen LogP contribution in [-0.4, -0.2) is 24.4 Å². The Kier molecular flexibility index (Phi) is 4.15. The third-order valence-electron chi connectivity index (χ3n) is 2.74. The highest BCUT2D eigenvalue weighted by Crippen LogP contribution is 2.34. The Labute approximate surface area is 112 Å². The molecule has 0 radical (unpaired) electrons. The van der Waals surface area contributed by atoms with Crippen LogP contribution in [0.25, 0.3) is 5.57 Å². The first kappa shape index (κ1) is 14.7. The van der Waals surface area contributed by atoms with Gasteiger partial charge in [0.2, 0.25) is 0 Å². The topological polar surface area (TPSA) is 70.8 Å². The Morgan fingerprint density at radius 2 is 2.11 bits per heavy atom. The molecule has 4 nitrogen and oxygen atoms in total. The number of halogens is 1. The van der Waals surface area contributed by atoms with Gasteiger partial charge in [0.05, 0.1) is 10.6 Å². The first-order chi connectivity index (χ1) is 8.21. The van der Waals surface area contributed by atoms with E-state index < -0.39 is 14.6 Å². The zero-order valence-corrected chi connectivity index (χ0v) is 11.9. The third-order valence-corrected chi connectivity index (χ3v) is 5.57. The lowest BCUT2D eigenvalue weighted by atomic mass is 10.0. The normalized spacial score (nSPS) is 13.7. The molecule has 6 heteroatoms. The van der Waals surface area contributed by atoms with Gasteiger partial charge in [0.25, 0.3) is 0 Å². The molecule has 0 saturated heterocycles. The maximum atomic E-state index is 11.7. The van der Waals surface area contributed by atoms with Crippen LogP contribution in [0.2, 0.25) is 0 Å². The molecule has 1 rings (SSSR count). The first-order valence-electron chi connectivity index (χ1n) is 5.12. The monoisotopic (exact) mass is 284 g/mol. The number of aromatic nitrogens is 1. The molecule has 0 aliphatic carbocycles. The SMILES string of the molecule is CC(C)(/C(Cl)=C(/C#N)c1cccnc1)S(C)(=O)=O. The first-order valence-corrected chi connectivity index (χ1v) is 7.39. The van der Waals surface area contributed by atoms with Gasteiger partial charge in [-0.1, -0.05) is 17.7 Å². The van der Waals surface area contributed by atoms with Crippen molar-refractivity contribution in [3.8, 4) is 6.07 Å². The molecular formula is C12H13ClN2O2S. The maximum absolute atomic E-state index is 11.7. The van der Waals surface area contributed by atoms with Gasteiger partial charge < -0.3 is 0 Å². The summed E-state index contributed by atoms with van der Waals surface area (Å²) in [6, 6.07) is 5.26. The fraction of sp³-hybridized carbons (Fsp3) is 0.333. The fourth-order valence-electron chi connectivity index (χ4n) is 1.21. The summed E-state index contributed by atoms with van der Waals surface area (Å²) in [6.45, 7) is 2.94. The van der Waals surface area contributed by atoms with Gasteiger partial charge >= 0.3 is 0 Å². The number of nitrogens with zero attached hydrogens (tertiary/aromatic N) is 2. The molecule has 0 saturated carbocycles. The van der Waals surface area contributed by atoms with E-state index in [4.69, 9.17) is 16.9 Å².